The zero-order chi connectivity index (χ0) is 34.7. The molecule has 5 aromatic carbocycles. The van der Waals surface area contributed by atoms with Gasteiger partial charge in [-0.3, -0.25) is 4.79 Å². The topological polar surface area (TPSA) is 118 Å². The molecular weight excluding hydrogens is 651 g/mol. The van der Waals surface area contributed by atoms with Gasteiger partial charge >= 0.3 is 6.03 Å². The number of thioether (sulfide) groups is 1. The van der Waals surface area contributed by atoms with E-state index < -0.39 is 6.29 Å². The van der Waals surface area contributed by atoms with E-state index in [-0.39, 0.29) is 30.8 Å². The van der Waals surface area contributed by atoms with Crippen LogP contribution in [0.1, 0.15) is 48.0 Å². The Morgan fingerprint density at radius 2 is 1.36 bits per heavy atom. The van der Waals surface area contributed by atoms with Gasteiger partial charge in [0.05, 0.1) is 18.8 Å². The van der Waals surface area contributed by atoms with E-state index in [1.165, 1.54) is 6.92 Å². The Balaban J connectivity index is 1.05. The van der Waals surface area contributed by atoms with Crippen LogP contribution >= 0.6 is 11.8 Å². The van der Waals surface area contributed by atoms with Crippen molar-refractivity contribution in [3.63, 3.8) is 0 Å². The number of para-hydroxylation sites is 1. The van der Waals surface area contributed by atoms with E-state index in [0.29, 0.717) is 30.2 Å². The first-order chi connectivity index (χ1) is 24.4. The van der Waals surface area contributed by atoms with Gasteiger partial charge in [-0.1, -0.05) is 66.7 Å². The maximum atomic E-state index is 12.6. The number of carbonyl (C=O) groups excluding carboxylic acids is 2. The van der Waals surface area contributed by atoms with Gasteiger partial charge in [-0.2, -0.15) is 0 Å². The summed E-state index contributed by atoms with van der Waals surface area (Å²) in [7, 11) is 0. The molecule has 0 saturated carbocycles. The SMILES string of the molecule is CC(=O)Nc1ccc(SC[C@H]2C[C@@H](c3ccc(CO)cc3)O[C@@H](c3ccc(CNC(=O)Nc4ccc(Oc5ccccc5)cc4)cc3)O2)cc1. The fraction of sp³-hybridized carbons (Fsp3) is 0.200. The summed E-state index contributed by atoms with van der Waals surface area (Å²) < 4.78 is 18.8. The Morgan fingerprint density at radius 3 is 2.04 bits per heavy atom. The van der Waals surface area contributed by atoms with Crippen LogP contribution in [-0.2, 0) is 27.4 Å². The second-order valence-electron chi connectivity index (χ2n) is 11.9. The number of hydrogen-bond acceptors (Lipinski definition) is 7. The van der Waals surface area contributed by atoms with E-state index in [2.05, 4.69) is 16.0 Å². The normalized spacial score (nSPS) is 17.0. The summed E-state index contributed by atoms with van der Waals surface area (Å²) in [5, 5.41) is 18.1. The summed E-state index contributed by atoms with van der Waals surface area (Å²) in [5.74, 6) is 2.03. The van der Waals surface area contributed by atoms with Gasteiger partial charge in [0.25, 0.3) is 0 Å². The van der Waals surface area contributed by atoms with Crippen molar-refractivity contribution in [1.82, 2.24) is 5.32 Å². The van der Waals surface area contributed by atoms with Crippen molar-refractivity contribution in [3.05, 3.63) is 150 Å². The van der Waals surface area contributed by atoms with Gasteiger partial charge in [-0.15, -0.1) is 11.8 Å². The number of amides is 3. The second kappa shape index (κ2) is 17.0. The molecule has 9 nitrogen and oxygen atoms in total. The van der Waals surface area contributed by atoms with Crippen LogP contribution in [0.3, 0.4) is 0 Å². The summed E-state index contributed by atoms with van der Waals surface area (Å²) in [5.41, 5.74) is 5.08. The number of ether oxygens (including phenoxy) is 3. The average Bonchev–Trinajstić information content (AvgIpc) is 3.15. The average molecular weight is 690 g/mol. The molecule has 1 fully saturated rings. The predicted octanol–water partition coefficient (Wildman–Crippen LogP) is 8.59. The number of aliphatic hydroxyl groups is 1. The third-order valence-electron chi connectivity index (χ3n) is 8.02. The Labute approximate surface area is 296 Å². The molecule has 3 amide bonds. The van der Waals surface area contributed by atoms with Gasteiger partial charge in [0.1, 0.15) is 11.5 Å². The minimum Gasteiger partial charge on any atom is -0.457 e. The first-order valence-electron chi connectivity index (χ1n) is 16.4. The summed E-state index contributed by atoms with van der Waals surface area (Å²) >= 11 is 1.69. The lowest BCUT2D eigenvalue weighted by Crippen LogP contribution is -2.31. The maximum Gasteiger partial charge on any atom is 0.319 e. The Morgan fingerprint density at radius 1 is 0.740 bits per heavy atom. The molecule has 5 aromatic rings. The Bertz CT molecular complexity index is 1840. The van der Waals surface area contributed by atoms with E-state index >= 15 is 0 Å². The molecule has 6 rings (SSSR count). The van der Waals surface area contributed by atoms with Crippen LogP contribution < -0.4 is 20.7 Å². The molecule has 1 heterocycles. The molecule has 10 heteroatoms. The van der Waals surface area contributed by atoms with Crippen LogP contribution in [0.15, 0.2) is 132 Å². The highest BCUT2D eigenvalue weighted by Crippen LogP contribution is 2.39. The van der Waals surface area contributed by atoms with Crippen molar-refractivity contribution in [2.45, 2.75) is 49.9 Å². The number of carbonyl (C=O) groups is 2. The molecule has 0 unspecified atom stereocenters. The number of rotatable bonds is 12. The zero-order valence-electron chi connectivity index (χ0n) is 27.6. The van der Waals surface area contributed by atoms with Crippen molar-refractivity contribution in [1.29, 1.82) is 0 Å². The minimum atomic E-state index is -0.585. The van der Waals surface area contributed by atoms with E-state index in [1.807, 2.05) is 103 Å². The summed E-state index contributed by atoms with van der Waals surface area (Å²) in [6.45, 7) is 1.82. The van der Waals surface area contributed by atoms with Crippen LogP contribution in [0.4, 0.5) is 16.2 Å². The molecule has 1 saturated heterocycles. The molecule has 50 heavy (non-hydrogen) atoms. The Kier molecular flexibility index (Phi) is 11.8. The zero-order valence-corrected chi connectivity index (χ0v) is 28.4. The molecule has 0 spiro atoms. The number of urea groups is 1. The largest absolute Gasteiger partial charge is 0.457 e. The van der Waals surface area contributed by atoms with E-state index in [1.54, 1.807) is 36.0 Å². The van der Waals surface area contributed by atoms with Crippen LogP contribution in [0.2, 0.25) is 0 Å². The lowest BCUT2D eigenvalue weighted by molar-refractivity contribution is -0.245. The van der Waals surface area contributed by atoms with E-state index in [0.717, 1.165) is 38.6 Å². The molecule has 1 aliphatic heterocycles. The van der Waals surface area contributed by atoms with Crippen LogP contribution in [0.25, 0.3) is 0 Å². The Hall–Kier alpha value is -5.13. The molecule has 1 aliphatic rings. The number of aliphatic hydroxyl groups excluding tert-OH is 1. The van der Waals surface area contributed by atoms with Crippen molar-refractivity contribution in [2.75, 3.05) is 16.4 Å². The van der Waals surface area contributed by atoms with Gasteiger partial charge in [0.2, 0.25) is 5.91 Å². The van der Waals surface area contributed by atoms with Crippen molar-refractivity contribution < 1.29 is 28.9 Å². The van der Waals surface area contributed by atoms with Crippen molar-refractivity contribution in [2.24, 2.45) is 0 Å². The first-order valence-corrected chi connectivity index (χ1v) is 17.4. The van der Waals surface area contributed by atoms with Gasteiger partial charge < -0.3 is 35.3 Å². The van der Waals surface area contributed by atoms with Crippen molar-refractivity contribution in [3.8, 4) is 11.5 Å². The van der Waals surface area contributed by atoms with E-state index in [4.69, 9.17) is 14.2 Å². The molecule has 0 aromatic heterocycles. The van der Waals surface area contributed by atoms with E-state index in [9.17, 15) is 14.7 Å². The molecule has 3 atom stereocenters. The van der Waals surface area contributed by atoms with Crippen molar-refractivity contribution >= 4 is 35.1 Å². The molecule has 256 valence electrons. The number of benzene rings is 5. The maximum absolute atomic E-state index is 12.6. The predicted molar refractivity (Wildman–Crippen MR) is 195 cm³/mol. The minimum absolute atomic E-state index is 0.0158. The highest BCUT2D eigenvalue weighted by Gasteiger charge is 2.32. The molecule has 0 bridgehead atoms. The number of nitrogens with one attached hydrogen (secondary N) is 3. The highest BCUT2D eigenvalue weighted by molar-refractivity contribution is 7.99. The molecule has 0 radical (unpaired) electrons. The lowest BCUT2D eigenvalue weighted by atomic mass is 10.0. The van der Waals surface area contributed by atoms with Gasteiger partial charge in [-0.25, -0.2) is 4.79 Å². The number of hydrogen-bond donors (Lipinski definition) is 4. The third kappa shape index (κ3) is 9.96. The number of anilines is 2. The lowest BCUT2D eigenvalue weighted by Gasteiger charge is -2.36. The van der Waals surface area contributed by atoms with Crippen LogP contribution in [-0.4, -0.2) is 28.9 Å². The summed E-state index contributed by atoms with van der Waals surface area (Å²) in [4.78, 5) is 25.1. The fourth-order valence-electron chi connectivity index (χ4n) is 5.43. The van der Waals surface area contributed by atoms with Crippen LogP contribution in [0, 0.1) is 0 Å². The quantitative estimate of drug-likeness (QED) is 0.0970. The van der Waals surface area contributed by atoms with Crippen LogP contribution in [0.5, 0.6) is 11.5 Å². The second-order valence-corrected chi connectivity index (χ2v) is 12.9. The fourth-order valence-corrected chi connectivity index (χ4v) is 6.35. The smallest absolute Gasteiger partial charge is 0.319 e. The van der Waals surface area contributed by atoms with Gasteiger partial charge in [0.15, 0.2) is 6.29 Å². The molecule has 0 aliphatic carbocycles. The highest BCUT2D eigenvalue weighted by atomic mass is 32.2. The third-order valence-corrected chi connectivity index (χ3v) is 9.17. The summed E-state index contributed by atoms with van der Waals surface area (Å²) in [6.07, 6.45) is -0.206. The molecular formula is C40H39N3O6S. The standard InChI is InChI=1S/C40H39N3O6S/c1-27(45)42-32-17-21-37(22-18-32)50-26-36-23-38(30-11-9-29(25-44)10-12-30)49-39(48-36)31-13-7-28(8-14-31)24-41-40(46)43-33-15-19-35(20-16-33)47-34-5-3-2-4-6-34/h2-22,36,38-39,44H,23-26H2,1H3,(H,42,45)(H2,41,43,46)/t36-,38+,39+/m1/s1. The first kappa shape index (κ1) is 34.7. The monoisotopic (exact) mass is 689 g/mol. The molecule has 4 N–H and O–H groups in total. The van der Waals surface area contributed by atoms with Gasteiger partial charge in [0, 0.05) is 47.5 Å². The summed E-state index contributed by atoms with van der Waals surface area (Å²) in [6, 6.07) is 39.8. The van der Waals surface area contributed by atoms with Gasteiger partial charge in [-0.05, 0) is 77.4 Å².